The molecule has 4 aromatic rings. The Morgan fingerprint density at radius 3 is 1.62 bits per heavy atom. The van der Waals surface area contributed by atoms with Crippen LogP contribution < -0.4 is 4.74 Å². The second-order valence-corrected chi connectivity index (χ2v) is 13.0. The number of rotatable bonds is 2. The molecule has 0 radical (unpaired) electrons. The number of aromatic nitrogens is 2. The van der Waals surface area contributed by atoms with Gasteiger partial charge in [0.05, 0.1) is 30.2 Å². The zero-order valence-electron chi connectivity index (χ0n) is 24.9. The number of ether oxygens (including phenoxy) is 1. The molecule has 2 aromatic carbocycles. The van der Waals surface area contributed by atoms with E-state index in [-0.39, 0.29) is 49.5 Å². The van der Waals surface area contributed by atoms with Gasteiger partial charge in [0.1, 0.15) is 27.6 Å². The number of hydrogen-bond donors (Lipinski definition) is 0. The van der Waals surface area contributed by atoms with Gasteiger partial charge in [0.25, 0.3) is 11.4 Å². The van der Waals surface area contributed by atoms with Gasteiger partial charge in [-0.15, -0.1) is 0 Å². The fourth-order valence-corrected chi connectivity index (χ4v) is 7.63. The summed E-state index contributed by atoms with van der Waals surface area (Å²) in [6.07, 6.45) is 0. The van der Waals surface area contributed by atoms with Crippen molar-refractivity contribution in [1.82, 2.24) is 9.97 Å². The summed E-state index contributed by atoms with van der Waals surface area (Å²) in [4.78, 5) is 51.4. The molecule has 17 heteroatoms. The molecule has 0 N–H and O–H groups in total. The molecule has 0 atom stereocenters. The molecule has 11 nitrogen and oxygen atoms in total. The Morgan fingerprint density at radius 2 is 1.18 bits per heavy atom. The lowest BCUT2D eigenvalue weighted by Crippen LogP contribution is -2.29. The number of fused-ring (bicyclic) bond motifs is 5. The largest absolute Gasteiger partial charge is 0.464 e. The first kappa shape index (κ1) is 31.9. The molecule has 3 heterocycles. The SMILES string of the molecule is [C-]#[N+]C(C#N)=C1C(=Nc2nc3c(s2)-c2sc(N=C4C(=O)c5cc(F)c(F)cc5/C4=C(/C#N)[N+]#[C-])nc2C(C)(C)O3)C(=O)c2cc(F)c(F)cc21. The van der Waals surface area contributed by atoms with Crippen LogP contribution in [-0.4, -0.2) is 33.0 Å². The number of carbonyl (C=O) groups is 2. The van der Waals surface area contributed by atoms with E-state index in [9.17, 15) is 37.7 Å². The molecule has 50 heavy (non-hydrogen) atoms. The van der Waals surface area contributed by atoms with Crippen LogP contribution in [0.5, 0.6) is 5.88 Å². The third kappa shape index (κ3) is 4.65. The van der Waals surface area contributed by atoms with Crippen molar-refractivity contribution in [3.8, 4) is 27.8 Å². The molecule has 240 valence electrons. The Labute approximate surface area is 285 Å². The summed E-state index contributed by atoms with van der Waals surface area (Å²) >= 11 is 1.88. The zero-order valence-corrected chi connectivity index (χ0v) is 26.6. The van der Waals surface area contributed by atoms with Gasteiger partial charge < -0.3 is 4.74 Å². The van der Waals surface area contributed by atoms with Gasteiger partial charge in [-0.25, -0.2) is 52.7 Å². The summed E-state index contributed by atoms with van der Waals surface area (Å²) < 4.78 is 62.7. The van der Waals surface area contributed by atoms with E-state index in [4.69, 9.17) is 17.9 Å². The number of Topliss-reactive ketones (excluding diaryl/α,β-unsaturated/α-hetero) is 2. The van der Waals surface area contributed by atoms with Gasteiger partial charge in [0.15, 0.2) is 23.3 Å². The van der Waals surface area contributed by atoms with E-state index in [1.807, 2.05) is 0 Å². The minimum Gasteiger partial charge on any atom is -0.464 e. The minimum atomic E-state index is -1.31. The lowest BCUT2D eigenvalue weighted by molar-refractivity contribution is 0.0963. The summed E-state index contributed by atoms with van der Waals surface area (Å²) in [7, 11) is 0. The van der Waals surface area contributed by atoms with Crippen LogP contribution in [0.2, 0.25) is 0 Å². The van der Waals surface area contributed by atoms with E-state index in [1.165, 1.54) is 0 Å². The number of hydrogen-bond acceptors (Lipinski definition) is 11. The monoisotopic (exact) mass is 706 g/mol. The quantitative estimate of drug-likeness (QED) is 0.118. The predicted octanol–water partition coefficient (Wildman–Crippen LogP) is 7.70. The highest BCUT2D eigenvalue weighted by Crippen LogP contribution is 2.53. The van der Waals surface area contributed by atoms with Crippen LogP contribution >= 0.6 is 22.7 Å². The summed E-state index contributed by atoms with van der Waals surface area (Å²) in [5, 5.41) is 19.1. The molecular formula is C33H10F4N8O3S2. The predicted molar refractivity (Wildman–Crippen MR) is 171 cm³/mol. The van der Waals surface area contributed by atoms with Crippen molar-refractivity contribution in [2.45, 2.75) is 19.4 Å². The number of aliphatic imine (C=N–C) groups is 2. The Bertz CT molecular complexity index is 2610. The Balaban J connectivity index is 1.36. The Kier molecular flexibility index (Phi) is 7.16. The van der Waals surface area contributed by atoms with Crippen LogP contribution in [-0.2, 0) is 5.60 Å². The molecule has 0 spiro atoms. The highest BCUT2D eigenvalue weighted by Gasteiger charge is 2.41. The summed E-state index contributed by atoms with van der Waals surface area (Å²) in [6, 6.07) is 6.10. The normalized spacial score (nSPS) is 18.7. The van der Waals surface area contributed by atoms with Crippen molar-refractivity contribution in [3.05, 3.63) is 110 Å². The van der Waals surface area contributed by atoms with Crippen LogP contribution in [0.25, 0.3) is 30.6 Å². The van der Waals surface area contributed by atoms with E-state index >= 15 is 0 Å². The molecule has 3 aliphatic rings. The number of halogens is 4. The number of nitriles is 2. The number of carbonyl (C=O) groups excluding carboxylic acids is 2. The number of nitrogens with zero attached hydrogens (tertiary/aromatic N) is 8. The van der Waals surface area contributed by atoms with Crippen LogP contribution in [0.15, 0.2) is 45.6 Å². The van der Waals surface area contributed by atoms with Crippen molar-refractivity contribution < 1.29 is 31.9 Å². The number of benzene rings is 2. The lowest BCUT2D eigenvalue weighted by Gasteiger charge is -2.28. The summed E-state index contributed by atoms with van der Waals surface area (Å²) in [5.41, 5.74) is -4.29. The Morgan fingerprint density at radius 1 is 0.760 bits per heavy atom. The van der Waals surface area contributed by atoms with E-state index < -0.39 is 63.3 Å². The molecule has 0 fully saturated rings. The molecule has 0 saturated heterocycles. The van der Waals surface area contributed by atoms with Gasteiger partial charge in [-0.3, -0.25) is 9.59 Å². The third-order valence-electron chi connectivity index (χ3n) is 7.71. The maximum atomic E-state index is 14.2. The molecule has 0 bridgehead atoms. The first-order valence-corrected chi connectivity index (χ1v) is 15.5. The highest BCUT2D eigenvalue weighted by atomic mass is 32.1. The van der Waals surface area contributed by atoms with Crippen LogP contribution in [0, 0.1) is 59.1 Å². The molecule has 1 aliphatic heterocycles. The lowest BCUT2D eigenvalue weighted by atomic mass is 10.0. The van der Waals surface area contributed by atoms with Crippen molar-refractivity contribution in [2.24, 2.45) is 9.98 Å². The summed E-state index contributed by atoms with van der Waals surface area (Å²) in [6.45, 7) is 18.2. The zero-order chi connectivity index (χ0) is 35.8. The van der Waals surface area contributed by atoms with Crippen molar-refractivity contribution in [3.63, 3.8) is 0 Å². The van der Waals surface area contributed by atoms with E-state index in [1.54, 1.807) is 26.0 Å². The van der Waals surface area contributed by atoms with Gasteiger partial charge in [0, 0.05) is 22.3 Å². The van der Waals surface area contributed by atoms with E-state index in [0.29, 0.717) is 33.6 Å². The maximum absolute atomic E-state index is 14.2. The van der Waals surface area contributed by atoms with E-state index in [0.717, 1.165) is 28.7 Å². The number of thiazole rings is 2. The van der Waals surface area contributed by atoms with Crippen molar-refractivity contribution in [1.29, 1.82) is 10.5 Å². The second-order valence-electron chi connectivity index (χ2n) is 11.0. The van der Waals surface area contributed by atoms with Gasteiger partial charge in [-0.05, 0) is 49.2 Å². The first-order valence-electron chi connectivity index (χ1n) is 13.8. The smallest absolute Gasteiger partial charge is 0.271 e. The topological polar surface area (TPSA) is 150 Å². The Hall–Kier alpha value is -6.66. The number of ketones is 2. The molecule has 0 unspecified atom stereocenters. The van der Waals surface area contributed by atoms with Crippen LogP contribution in [0.3, 0.4) is 0 Å². The van der Waals surface area contributed by atoms with Crippen LogP contribution in [0.1, 0.15) is 51.4 Å². The van der Waals surface area contributed by atoms with Crippen LogP contribution in [0.4, 0.5) is 27.8 Å². The first-order chi connectivity index (χ1) is 23.8. The molecular weight excluding hydrogens is 697 g/mol. The van der Waals surface area contributed by atoms with Gasteiger partial charge in [-0.1, -0.05) is 22.7 Å². The molecule has 2 aliphatic carbocycles. The average molecular weight is 707 g/mol. The number of allylic oxidation sites excluding steroid dienone is 4. The summed E-state index contributed by atoms with van der Waals surface area (Å²) in [5.74, 6) is -6.85. The molecule has 0 saturated carbocycles. The molecule has 2 aromatic heterocycles. The van der Waals surface area contributed by atoms with Crippen molar-refractivity contribution in [2.75, 3.05) is 0 Å². The molecule has 0 amide bonds. The fraction of sp³-hybridized carbons (Fsp3) is 0.0909. The van der Waals surface area contributed by atoms with Gasteiger partial charge in [-0.2, -0.15) is 4.98 Å². The third-order valence-corrected chi connectivity index (χ3v) is 9.75. The van der Waals surface area contributed by atoms with E-state index in [2.05, 4.69) is 29.6 Å². The highest BCUT2D eigenvalue weighted by molar-refractivity contribution is 7.25. The van der Waals surface area contributed by atoms with Crippen molar-refractivity contribution >= 4 is 67.1 Å². The van der Waals surface area contributed by atoms with Gasteiger partial charge in [0.2, 0.25) is 27.7 Å². The average Bonchev–Trinajstić information content (AvgIpc) is 3.81. The maximum Gasteiger partial charge on any atom is 0.271 e. The van der Waals surface area contributed by atoms with Gasteiger partial charge >= 0.3 is 0 Å². The molecule has 7 rings (SSSR count). The fourth-order valence-electron chi connectivity index (χ4n) is 5.54. The second kappa shape index (κ2) is 11.2. The minimum absolute atomic E-state index is 0.0379. The standard InChI is InChI=1S/C33H10F4N8O3S2/c1-33(2)29-27(49-31(44-29)42-23-21(19(9-38)40-3)11-5-15(34)17(36)7-13(11)25(23)46)28-30(48-33)45-32(50-28)43-24-22(20(10-39)41-4)12-6-16(35)18(37)8-14(12)26(24)47/h5-8H,1-2H3/b21-19+,22-20?,42-23?,43-24?.